The molecule has 1 aromatic carbocycles. The van der Waals surface area contributed by atoms with Crippen LogP contribution in [0.1, 0.15) is 16.1 Å². The molecule has 1 saturated heterocycles. The molecule has 0 bridgehead atoms. The van der Waals surface area contributed by atoms with Crippen LogP contribution >= 0.6 is 12.2 Å². The van der Waals surface area contributed by atoms with E-state index >= 15 is 0 Å². The van der Waals surface area contributed by atoms with E-state index in [2.05, 4.69) is 17.2 Å². The van der Waals surface area contributed by atoms with Gasteiger partial charge in [0.1, 0.15) is 23.8 Å². The molecule has 0 radical (unpaired) electrons. The van der Waals surface area contributed by atoms with Gasteiger partial charge in [0.2, 0.25) is 0 Å². The number of amides is 1. The Kier molecular flexibility index (Phi) is 4.76. The Hall–Kier alpha value is -3.19. The van der Waals surface area contributed by atoms with Crippen molar-refractivity contribution in [2.24, 2.45) is 0 Å². The molecule has 1 fully saturated rings. The van der Waals surface area contributed by atoms with Crippen LogP contribution in [0.4, 0.5) is 0 Å². The van der Waals surface area contributed by atoms with E-state index in [1.54, 1.807) is 42.5 Å². The lowest BCUT2D eigenvalue weighted by Gasteiger charge is -2.02. The van der Waals surface area contributed by atoms with Crippen molar-refractivity contribution in [2.75, 3.05) is 6.61 Å². The normalized spacial score (nSPS) is 15.0. The van der Waals surface area contributed by atoms with Crippen LogP contribution in [0.15, 0.2) is 59.2 Å². The highest BCUT2D eigenvalue weighted by Crippen LogP contribution is 2.24. The van der Waals surface area contributed by atoms with Gasteiger partial charge in [-0.15, -0.1) is 0 Å². The van der Waals surface area contributed by atoms with E-state index in [1.165, 1.54) is 6.08 Å². The second-order valence-electron chi connectivity index (χ2n) is 5.13. The minimum Gasteiger partial charge on any atom is -0.458 e. The van der Waals surface area contributed by atoms with Crippen LogP contribution in [0, 0.1) is 0 Å². The summed E-state index contributed by atoms with van der Waals surface area (Å²) < 4.78 is 10.7. The number of carbonyl (C=O) groups is 2. The standard InChI is InChI=1S/C18H14N2O4S/c1-2-9-23-17(22)12-5-3-11(4-6-12)15-8-7-13(24-15)10-14-16(21)20-18(25)19-14/h2-8,10H,1,9H2,(H2,19,20,21,25)/b14-10-. The third-order valence-electron chi connectivity index (χ3n) is 3.37. The predicted molar refractivity (Wildman–Crippen MR) is 96.5 cm³/mol. The van der Waals surface area contributed by atoms with Crippen LogP contribution < -0.4 is 10.6 Å². The monoisotopic (exact) mass is 354 g/mol. The Balaban J connectivity index is 1.75. The second-order valence-corrected chi connectivity index (χ2v) is 5.54. The van der Waals surface area contributed by atoms with Crippen LogP contribution in [-0.4, -0.2) is 23.6 Å². The topological polar surface area (TPSA) is 80.6 Å². The van der Waals surface area contributed by atoms with Crippen LogP contribution in [0.2, 0.25) is 0 Å². The number of furan rings is 1. The molecule has 0 unspecified atom stereocenters. The molecule has 7 heteroatoms. The number of thiocarbonyl (C=S) groups is 1. The van der Waals surface area contributed by atoms with Gasteiger partial charge in [0.05, 0.1) is 5.56 Å². The Labute approximate surface area is 149 Å². The summed E-state index contributed by atoms with van der Waals surface area (Å²) in [5.41, 5.74) is 1.57. The summed E-state index contributed by atoms with van der Waals surface area (Å²) in [7, 11) is 0. The number of hydrogen-bond acceptors (Lipinski definition) is 5. The molecule has 1 aromatic heterocycles. The maximum absolute atomic E-state index is 11.7. The van der Waals surface area contributed by atoms with Gasteiger partial charge in [-0.05, 0) is 36.5 Å². The van der Waals surface area contributed by atoms with Gasteiger partial charge >= 0.3 is 5.97 Å². The number of esters is 1. The molecule has 0 saturated carbocycles. The fourth-order valence-corrected chi connectivity index (χ4v) is 2.40. The maximum Gasteiger partial charge on any atom is 0.338 e. The highest BCUT2D eigenvalue weighted by atomic mass is 32.1. The van der Waals surface area contributed by atoms with Crippen LogP contribution in [-0.2, 0) is 9.53 Å². The molecular formula is C18H14N2O4S. The Morgan fingerprint density at radius 2 is 1.96 bits per heavy atom. The van der Waals surface area contributed by atoms with Gasteiger partial charge in [-0.25, -0.2) is 4.79 Å². The van der Waals surface area contributed by atoms with Crippen molar-refractivity contribution in [3.05, 3.63) is 66.1 Å². The van der Waals surface area contributed by atoms with Crippen LogP contribution in [0.3, 0.4) is 0 Å². The van der Waals surface area contributed by atoms with E-state index in [0.29, 0.717) is 22.8 Å². The Morgan fingerprint density at radius 1 is 1.20 bits per heavy atom. The van der Waals surface area contributed by atoms with Crippen molar-refractivity contribution in [3.8, 4) is 11.3 Å². The summed E-state index contributed by atoms with van der Waals surface area (Å²) in [6, 6.07) is 10.4. The van der Waals surface area contributed by atoms with Gasteiger partial charge in [0, 0.05) is 11.6 Å². The van der Waals surface area contributed by atoms with Crippen molar-refractivity contribution in [3.63, 3.8) is 0 Å². The van der Waals surface area contributed by atoms with Crippen molar-refractivity contribution >= 4 is 35.3 Å². The van der Waals surface area contributed by atoms with E-state index in [9.17, 15) is 9.59 Å². The summed E-state index contributed by atoms with van der Waals surface area (Å²) in [4.78, 5) is 23.4. The molecule has 126 valence electrons. The summed E-state index contributed by atoms with van der Waals surface area (Å²) in [6.07, 6.45) is 3.08. The molecule has 1 amide bonds. The van der Waals surface area contributed by atoms with E-state index in [-0.39, 0.29) is 17.6 Å². The first-order valence-corrected chi connectivity index (χ1v) is 7.80. The van der Waals surface area contributed by atoms with Gasteiger partial charge in [-0.1, -0.05) is 24.8 Å². The quantitative estimate of drug-likeness (QED) is 0.372. The minimum atomic E-state index is -0.411. The third-order valence-corrected chi connectivity index (χ3v) is 3.57. The van der Waals surface area contributed by atoms with E-state index in [0.717, 1.165) is 5.56 Å². The molecule has 3 rings (SSSR count). The average Bonchev–Trinajstić information content (AvgIpc) is 3.19. The summed E-state index contributed by atoms with van der Waals surface area (Å²) in [6.45, 7) is 3.67. The molecule has 0 spiro atoms. The summed E-state index contributed by atoms with van der Waals surface area (Å²) in [5.74, 6) is 0.404. The van der Waals surface area contributed by atoms with Gasteiger partial charge in [-0.2, -0.15) is 0 Å². The number of carbonyl (C=O) groups excluding carboxylic acids is 2. The molecule has 2 N–H and O–H groups in total. The van der Waals surface area contributed by atoms with Gasteiger partial charge in [0.15, 0.2) is 5.11 Å². The number of hydrogen-bond donors (Lipinski definition) is 2. The van der Waals surface area contributed by atoms with Crippen molar-refractivity contribution < 1.29 is 18.7 Å². The number of benzene rings is 1. The van der Waals surface area contributed by atoms with E-state index in [4.69, 9.17) is 21.4 Å². The van der Waals surface area contributed by atoms with Gasteiger partial charge in [-0.3, -0.25) is 10.1 Å². The second kappa shape index (κ2) is 7.14. The lowest BCUT2D eigenvalue weighted by molar-refractivity contribution is -0.115. The first-order valence-electron chi connectivity index (χ1n) is 7.39. The van der Waals surface area contributed by atoms with Crippen molar-refractivity contribution in [1.82, 2.24) is 10.6 Å². The molecular weight excluding hydrogens is 340 g/mol. The van der Waals surface area contributed by atoms with E-state index < -0.39 is 5.97 Å². The minimum absolute atomic E-state index is 0.168. The van der Waals surface area contributed by atoms with Crippen LogP contribution in [0.25, 0.3) is 17.4 Å². The van der Waals surface area contributed by atoms with E-state index in [1.807, 2.05) is 0 Å². The predicted octanol–water partition coefficient (Wildman–Crippen LogP) is 2.63. The number of ether oxygens (including phenoxy) is 1. The Morgan fingerprint density at radius 3 is 2.60 bits per heavy atom. The smallest absolute Gasteiger partial charge is 0.338 e. The first kappa shape index (κ1) is 16.7. The van der Waals surface area contributed by atoms with Gasteiger partial charge in [0.25, 0.3) is 5.91 Å². The molecule has 0 atom stereocenters. The zero-order valence-corrected chi connectivity index (χ0v) is 13.9. The fraction of sp³-hybridized carbons (Fsp3) is 0.0556. The molecule has 6 nitrogen and oxygen atoms in total. The molecule has 2 aromatic rings. The lowest BCUT2D eigenvalue weighted by atomic mass is 10.1. The zero-order valence-electron chi connectivity index (χ0n) is 13.1. The lowest BCUT2D eigenvalue weighted by Crippen LogP contribution is -2.21. The first-order chi connectivity index (χ1) is 12.1. The summed E-state index contributed by atoms with van der Waals surface area (Å²) >= 11 is 4.87. The third kappa shape index (κ3) is 3.84. The van der Waals surface area contributed by atoms with Crippen LogP contribution in [0.5, 0.6) is 0 Å². The maximum atomic E-state index is 11.7. The van der Waals surface area contributed by atoms with Gasteiger partial charge < -0.3 is 14.5 Å². The molecule has 0 aliphatic carbocycles. The number of rotatable bonds is 5. The summed E-state index contributed by atoms with van der Waals surface area (Å²) in [5, 5.41) is 5.50. The largest absolute Gasteiger partial charge is 0.458 e. The van der Waals surface area contributed by atoms with Crippen molar-refractivity contribution in [1.29, 1.82) is 0 Å². The zero-order chi connectivity index (χ0) is 17.8. The number of nitrogens with one attached hydrogen (secondary N) is 2. The molecule has 1 aliphatic heterocycles. The highest BCUT2D eigenvalue weighted by molar-refractivity contribution is 7.80. The molecule has 1 aliphatic rings. The average molecular weight is 354 g/mol. The molecule has 2 heterocycles. The molecule has 25 heavy (non-hydrogen) atoms. The highest BCUT2D eigenvalue weighted by Gasteiger charge is 2.20. The fourth-order valence-electron chi connectivity index (χ4n) is 2.20. The van der Waals surface area contributed by atoms with Crippen molar-refractivity contribution in [2.45, 2.75) is 0 Å². The SMILES string of the molecule is C=CCOC(=O)c1ccc(-c2ccc(/C=C3\NC(=S)NC3=O)o2)cc1. The Bertz CT molecular complexity index is 881.